The molecule has 4 N–H and O–H groups in total. The number of carboxylic acid groups (broad SMARTS) is 1. The molecule has 11 heteroatoms. The molecule has 0 bridgehead atoms. The van der Waals surface area contributed by atoms with Crippen LogP contribution >= 0.6 is 11.6 Å². The molecule has 0 aliphatic heterocycles. The minimum Gasteiger partial charge on any atom is -0.501 e. The van der Waals surface area contributed by atoms with Gasteiger partial charge < -0.3 is 15.2 Å². The first-order valence-corrected chi connectivity index (χ1v) is 10.9. The SMILES string of the molecule is O=C(O)c1nc(-c2ccccc2NS(=O)(=O)c2ccc3c(Cl)cccc3c2)[nH]c(=O)c1O. The van der Waals surface area contributed by atoms with Gasteiger partial charge in [-0.15, -0.1) is 0 Å². The molecule has 1 aromatic heterocycles. The van der Waals surface area contributed by atoms with Crippen molar-refractivity contribution >= 4 is 44.1 Å². The third-order valence-corrected chi connectivity index (χ3v) is 6.33. The average Bonchev–Trinajstić information content (AvgIpc) is 2.75. The number of halogens is 1. The summed E-state index contributed by atoms with van der Waals surface area (Å²) in [6.45, 7) is 0. The second-order valence-corrected chi connectivity index (χ2v) is 8.78. The quantitative estimate of drug-likeness (QED) is 0.348. The Morgan fingerprint density at radius 2 is 1.81 bits per heavy atom. The smallest absolute Gasteiger partial charge is 0.358 e. The van der Waals surface area contributed by atoms with Crippen molar-refractivity contribution in [3.05, 3.63) is 81.7 Å². The molecular weight excluding hydrogens is 458 g/mol. The first-order valence-electron chi connectivity index (χ1n) is 9.04. The van der Waals surface area contributed by atoms with Crippen LogP contribution in [0.3, 0.4) is 0 Å². The monoisotopic (exact) mass is 471 g/mol. The summed E-state index contributed by atoms with van der Waals surface area (Å²) in [5, 5.41) is 20.6. The van der Waals surface area contributed by atoms with Crippen LogP contribution < -0.4 is 10.3 Å². The Kier molecular flexibility index (Phi) is 5.33. The minimum absolute atomic E-state index is 0.0274. The lowest BCUT2D eigenvalue weighted by Crippen LogP contribution is -2.17. The van der Waals surface area contributed by atoms with Gasteiger partial charge in [-0.25, -0.2) is 18.2 Å². The maximum Gasteiger partial charge on any atom is 0.358 e. The molecule has 0 saturated heterocycles. The summed E-state index contributed by atoms with van der Waals surface area (Å²) in [6, 6.07) is 15.6. The molecule has 1 heterocycles. The van der Waals surface area contributed by atoms with Crippen LogP contribution in [0, 0.1) is 0 Å². The molecule has 162 valence electrons. The average molecular weight is 472 g/mol. The maximum atomic E-state index is 13.0. The van der Waals surface area contributed by atoms with Crippen molar-refractivity contribution in [3.63, 3.8) is 0 Å². The first-order chi connectivity index (χ1) is 15.2. The highest BCUT2D eigenvalue weighted by atomic mass is 35.5. The highest BCUT2D eigenvalue weighted by Crippen LogP contribution is 2.30. The molecule has 0 saturated carbocycles. The van der Waals surface area contributed by atoms with Crippen molar-refractivity contribution in [3.8, 4) is 17.1 Å². The van der Waals surface area contributed by atoms with Gasteiger partial charge in [0.25, 0.3) is 15.6 Å². The van der Waals surface area contributed by atoms with E-state index in [0.717, 1.165) is 0 Å². The number of aromatic amines is 1. The topological polar surface area (TPSA) is 149 Å². The number of fused-ring (bicyclic) bond motifs is 1. The molecule has 0 aliphatic carbocycles. The zero-order valence-electron chi connectivity index (χ0n) is 16.0. The summed E-state index contributed by atoms with van der Waals surface area (Å²) in [6.07, 6.45) is 0. The summed E-state index contributed by atoms with van der Waals surface area (Å²) in [5.41, 5.74) is -1.77. The van der Waals surface area contributed by atoms with Crippen LogP contribution in [0.5, 0.6) is 5.75 Å². The van der Waals surface area contributed by atoms with Gasteiger partial charge in [-0.05, 0) is 35.7 Å². The lowest BCUT2D eigenvalue weighted by Gasteiger charge is -2.13. The number of hydrogen-bond donors (Lipinski definition) is 4. The number of nitrogens with zero attached hydrogens (tertiary/aromatic N) is 1. The van der Waals surface area contributed by atoms with E-state index in [4.69, 9.17) is 11.6 Å². The highest BCUT2D eigenvalue weighted by Gasteiger charge is 2.21. The molecule has 9 nitrogen and oxygen atoms in total. The van der Waals surface area contributed by atoms with Crippen LogP contribution in [0.15, 0.2) is 70.4 Å². The Morgan fingerprint density at radius 1 is 1.06 bits per heavy atom. The number of aromatic carboxylic acids is 1. The molecule has 3 aromatic carbocycles. The number of aromatic nitrogens is 2. The number of anilines is 1. The maximum absolute atomic E-state index is 13.0. The molecule has 32 heavy (non-hydrogen) atoms. The van der Waals surface area contributed by atoms with Gasteiger partial charge in [-0.2, -0.15) is 0 Å². The number of carbonyl (C=O) groups is 1. The van der Waals surface area contributed by atoms with Crippen molar-refractivity contribution in [1.29, 1.82) is 0 Å². The van der Waals surface area contributed by atoms with Crippen LogP contribution in [-0.4, -0.2) is 34.6 Å². The third kappa shape index (κ3) is 3.88. The number of aromatic hydroxyl groups is 1. The summed E-state index contributed by atoms with van der Waals surface area (Å²) >= 11 is 6.14. The van der Waals surface area contributed by atoms with E-state index in [0.29, 0.717) is 15.8 Å². The predicted molar refractivity (Wildman–Crippen MR) is 119 cm³/mol. The molecule has 0 atom stereocenters. The molecular formula is C21H14ClN3O6S. The van der Waals surface area contributed by atoms with Gasteiger partial charge in [-0.3, -0.25) is 9.52 Å². The van der Waals surface area contributed by atoms with Crippen LogP contribution in [0.4, 0.5) is 5.69 Å². The highest BCUT2D eigenvalue weighted by molar-refractivity contribution is 7.92. The van der Waals surface area contributed by atoms with E-state index in [9.17, 15) is 28.2 Å². The predicted octanol–water partition coefficient (Wildman–Crippen LogP) is 3.45. The summed E-state index contributed by atoms with van der Waals surface area (Å²) in [4.78, 5) is 29.2. The number of nitrogens with one attached hydrogen (secondary N) is 2. The van der Waals surface area contributed by atoms with Crippen LogP contribution in [-0.2, 0) is 10.0 Å². The number of benzene rings is 3. The molecule has 0 unspecified atom stereocenters. The zero-order chi connectivity index (χ0) is 23.0. The number of carboxylic acids is 1. The van der Waals surface area contributed by atoms with E-state index in [-0.39, 0.29) is 22.0 Å². The number of para-hydroxylation sites is 1. The number of rotatable bonds is 5. The summed E-state index contributed by atoms with van der Waals surface area (Å²) in [7, 11) is -4.07. The van der Waals surface area contributed by atoms with Crippen molar-refractivity contribution in [2.24, 2.45) is 0 Å². The lowest BCUT2D eigenvalue weighted by molar-refractivity contribution is 0.0686. The van der Waals surface area contributed by atoms with E-state index >= 15 is 0 Å². The first kappa shape index (κ1) is 21.3. The van der Waals surface area contributed by atoms with Gasteiger partial charge in [-0.1, -0.05) is 41.9 Å². The van der Waals surface area contributed by atoms with Crippen molar-refractivity contribution in [2.75, 3.05) is 4.72 Å². The van der Waals surface area contributed by atoms with Crippen molar-refractivity contribution in [2.45, 2.75) is 4.90 Å². The van der Waals surface area contributed by atoms with Gasteiger partial charge in [0.1, 0.15) is 5.82 Å². The standard InChI is InChI=1S/C21H14ClN3O6S/c22-15-6-3-4-11-10-12(8-9-13(11)15)32(30,31)25-16-7-2-1-5-14(16)19-23-17(21(28)29)18(26)20(27)24-19/h1-10,25-26H,(H,28,29)(H,23,24,27). The van der Waals surface area contributed by atoms with E-state index in [1.807, 2.05) is 0 Å². The third-order valence-electron chi connectivity index (χ3n) is 4.63. The fourth-order valence-corrected chi connectivity index (χ4v) is 4.47. The fraction of sp³-hybridized carbons (Fsp3) is 0. The van der Waals surface area contributed by atoms with E-state index in [2.05, 4.69) is 14.7 Å². The summed E-state index contributed by atoms with van der Waals surface area (Å²) < 4.78 is 28.5. The van der Waals surface area contributed by atoms with Gasteiger partial charge in [0.2, 0.25) is 5.75 Å². The molecule has 0 amide bonds. The lowest BCUT2D eigenvalue weighted by atomic mass is 10.1. The Labute approximate surface area is 186 Å². The second-order valence-electron chi connectivity index (χ2n) is 6.69. The Balaban J connectivity index is 1.79. The number of H-pyrrole nitrogens is 1. The van der Waals surface area contributed by atoms with E-state index in [1.165, 1.54) is 24.3 Å². The van der Waals surface area contributed by atoms with Gasteiger partial charge in [0.15, 0.2) is 5.69 Å². The fourth-order valence-electron chi connectivity index (χ4n) is 3.12. The normalized spacial score (nSPS) is 11.4. The van der Waals surface area contributed by atoms with E-state index in [1.54, 1.807) is 36.4 Å². The molecule has 0 fully saturated rings. The second kappa shape index (κ2) is 7.98. The molecule has 0 radical (unpaired) electrons. The van der Waals surface area contributed by atoms with Gasteiger partial charge in [0, 0.05) is 16.0 Å². The molecule has 4 aromatic rings. The summed E-state index contributed by atoms with van der Waals surface area (Å²) in [5.74, 6) is -2.88. The van der Waals surface area contributed by atoms with Gasteiger partial charge >= 0.3 is 5.97 Å². The molecule has 0 aliphatic rings. The van der Waals surface area contributed by atoms with Crippen molar-refractivity contribution < 1.29 is 23.4 Å². The zero-order valence-corrected chi connectivity index (χ0v) is 17.6. The Bertz CT molecular complexity index is 1550. The van der Waals surface area contributed by atoms with Crippen LogP contribution in [0.25, 0.3) is 22.2 Å². The Morgan fingerprint density at radius 3 is 2.56 bits per heavy atom. The number of sulfonamides is 1. The van der Waals surface area contributed by atoms with Gasteiger partial charge in [0.05, 0.1) is 10.6 Å². The molecule has 4 rings (SSSR count). The van der Waals surface area contributed by atoms with Crippen LogP contribution in [0.2, 0.25) is 5.02 Å². The van der Waals surface area contributed by atoms with E-state index < -0.39 is 33.0 Å². The number of hydrogen-bond acceptors (Lipinski definition) is 6. The Hall–Kier alpha value is -3.89. The largest absolute Gasteiger partial charge is 0.501 e. The molecule has 0 spiro atoms. The van der Waals surface area contributed by atoms with Crippen molar-refractivity contribution in [1.82, 2.24) is 9.97 Å². The van der Waals surface area contributed by atoms with Crippen LogP contribution in [0.1, 0.15) is 10.5 Å². The minimum atomic E-state index is -4.07.